The SMILES string of the molecule is Cc1nc2ccccc2nc1COC(=O)[C@@H](CO)NC(=O)c1ccccc1. The minimum absolute atomic E-state index is 0.0970. The van der Waals surface area contributed by atoms with E-state index in [-0.39, 0.29) is 6.61 Å². The molecule has 0 unspecified atom stereocenters. The standard InChI is InChI=1S/C20H19N3O4/c1-13-18(22-16-10-6-5-9-15(16)21-13)12-27-20(26)17(11-24)23-19(25)14-7-3-2-4-8-14/h2-10,17,24H,11-12H2,1H3,(H,23,25)/t17-/m1/s1. The molecular formula is C20H19N3O4. The zero-order chi connectivity index (χ0) is 19.2. The number of aliphatic hydroxyl groups excluding tert-OH is 1. The predicted molar refractivity (Wildman–Crippen MR) is 98.9 cm³/mol. The van der Waals surface area contributed by atoms with Gasteiger partial charge in [-0.3, -0.25) is 4.79 Å². The highest BCUT2D eigenvalue weighted by atomic mass is 16.5. The normalized spacial score (nSPS) is 11.8. The fourth-order valence-corrected chi connectivity index (χ4v) is 2.51. The van der Waals surface area contributed by atoms with E-state index in [4.69, 9.17) is 4.74 Å². The fraction of sp³-hybridized carbons (Fsp3) is 0.200. The zero-order valence-electron chi connectivity index (χ0n) is 14.8. The van der Waals surface area contributed by atoms with Gasteiger partial charge in [-0.15, -0.1) is 0 Å². The molecule has 0 bridgehead atoms. The zero-order valence-corrected chi connectivity index (χ0v) is 14.8. The molecule has 0 saturated carbocycles. The van der Waals surface area contributed by atoms with Gasteiger partial charge in [0.2, 0.25) is 0 Å². The quantitative estimate of drug-likeness (QED) is 0.646. The van der Waals surface area contributed by atoms with Crippen molar-refractivity contribution in [3.05, 3.63) is 71.5 Å². The van der Waals surface area contributed by atoms with Gasteiger partial charge in [0.05, 0.1) is 29.0 Å². The van der Waals surface area contributed by atoms with Crippen molar-refractivity contribution in [2.24, 2.45) is 0 Å². The molecule has 0 radical (unpaired) electrons. The molecule has 3 rings (SSSR count). The molecule has 0 spiro atoms. The Balaban J connectivity index is 1.65. The van der Waals surface area contributed by atoms with Crippen molar-refractivity contribution in [2.75, 3.05) is 6.61 Å². The lowest BCUT2D eigenvalue weighted by molar-refractivity contribution is -0.148. The Bertz CT molecular complexity index is 960. The second-order valence-electron chi connectivity index (χ2n) is 5.93. The van der Waals surface area contributed by atoms with E-state index in [9.17, 15) is 14.7 Å². The average molecular weight is 365 g/mol. The van der Waals surface area contributed by atoms with Crippen LogP contribution in [0, 0.1) is 6.92 Å². The van der Waals surface area contributed by atoms with E-state index in [1.165, 1.54) is 0 Å². The summed E-state index contributed by atoms with van der Waals surface area (Å²) in [6.07, 6.45) is 0. The molecule has 0 fully saturated rings. The Morgan fingerprint density at radius 3 is 2.33 bits per heavy atom. The molecule has 1 aromatic heterocycles. The van der Waals surface area contributed by atoms with Gasteiger partial charge in [0.15, 0.2) is 6.04 Å². The van der Waals surface area contributed by atoms with Crippen LogP contribution >= 0.6 is 0 Å². The number of esters is 1. The predicted octanol–water partition coefficient (Wildman–Crippen LogP) is 1.77. The van der Waals surface area contributed by atoms with Crippen LogP contribution in [0.1, 0.15) is 21.7 Å². The molecule has 0 saturated heterocycles. The van der Waals surface area contributed by atoms with Crippen molar-refractivity contribution in [1.82, 2.24) is 15.3 Å². The monoisotopic (exact) mass is 365 g/mol. The van der Waals surface area contributed by atoms with Crippen LogP contribution in [0.15, 0.2) is 54.6 Å². The van der Waals surface area contributed by atoms with Gasteiger partial charge in [-0.2, -0.15) is 0 Å². The molecule has 7 heteroatoms. The number of hydrogen-bond acceptors (Lipinski definition) is 6. The largest absolute Gasteiger partial charge is 0.458 e. The maximum absolute atomic E-state index is 12.2. The number of carbonyl (C=O) groups excluding carboxylic acids is 2. The number of benzene rings is 2. The summed E-state index contributed by atoms with van der Waals surface area (Å²) < 4.78 is 5.23. The molecule has 3 aromatic rings. The van der Waals surface area contributed by atoms with Gasteiger partial charge >= 0.3 is 5.97 Å². The molecule has 1 heterocycles. The molecule has 2 aromatic carbocycles. The molecule has 7 nitrogen and oxygen atoms in total. The number of rotatable bonds is 6. The second-order valence-corrected chi connectivity index (χ2v) is 5.93. The van der Waals surface area contributed by atoms with Crippen LogP contribution in [0.3, 0.4) is 0 Å². The third-order valence-corrected chi connectivity index (χ3v) is 4.00. The fourth-order valence-electron chi connectivity index (χ4n) is 2.51. The Morgan fingerprint density at radius 2 is 1.67 bits per heavy atom. The maximum Gasteiger partial charge on any atom is 0.331 e. The highest BCUT2D eigenvalue weighted by Crippen LogP contribution is 2.13. The highest BCUT2D eigenvalue weighted by molar-refractivity contribution is 5.96. The van der Waals surface area contributed by atoms with Gasteiger partial charge in [-0.1, -0.05) is 30.3 Å². The number of fused-ring (bicyclic) bond motifs is 1. The summed E-state index contributed by atoms with van der Waals surface area (Å²) in [6.45, 7) is 1.11. The van der Waals surface area contributed by atoms with E-state index in [0.717, 1.165) is 5.52 Å². The van der Waals surface area contributed by atoms with E-state index in [2.05, 4.69) is 15.3 Å². The van der Waals surface area contributed by atoms with Gasteiger partial charge in [0, 0.05) is 5.56 Å². The number of aryl methyl sites for hydroxylation is 1. The first-order valence-electron chi connectivity index (χ1n) is 8.44. The molecule has 1 atom stereocenters. The summed E-state index contributed by atoms with van der Waals surface area (Å²) in [5, 5.41) is 11.9. The van der Waals surface area contributed by atoms with Crippen LogP contribution in [0.5, 0.6) is 0 Å². The number of nitrogens with zero attached hydrogens (tertiary/aromatic N) is 2. The second kappa shape index (κ2) is 8.37. The molecule has 0 aliphatic rings. The third-order valence-electron chi connectivity index (χ3n) is 4.00. The van der Waals surface area contributed by atoms with Crippen LogP contribution in [0.2, 0.25) is 0 Å². The topological polar surface area (TPSA) is 101 Å². The van der Waals surface area contributed by atoms with E-state index < -0.39 is 24.5 Å². The maximum atomic E-state index is 12.2. The van der Waals surface area contributed by atoms with Crippen LogP contribution in [0.4, 0.5) is 0 Å². The van der Waals surface area contributed by atoms with Crippen molar-refractivity contribution in [3.63, 3.8) is 0 Å². The lowest BCUT2D eigenvalue weighted by Gasteiger charge is -2.16. The van der Waals surface area contributed by atoms with Gasteiger partial charge in [0.1, 0.15) is 6.61 Å². The van der Waals surface area contributed by atoms with Gasteiger partial charge in [-0.05, 0) is 31.2 Å². The summed E-state index contributed by atoms with van der Waals surface area (Å²) in [4.78, 5) is 33.3. The van der Waals surface area contributed by atoms with Crippen molar-refractivity contribution in [1.29, 1.82) is 0 Å². The van der Waals surface area contributed by atoms with Crippen molar-refractivity contribution >= 4 is 22.9 Å². The van der Waals surface area contributed by atoms with Crippen molar-refractivity contribution in [2.45, 2.75) is 19.6 Å². The Labute approximate surface area is 156 Å². The molecule has 1 amide bonds. The lowest BCUT2D eigenvalue weighted by Crippen LogP contribution is -2.44. The number of amides is 1. The molecule has 138 valence electrons. The summed E-state index contributed by atoms with van der Waals surface area (Å²) in [5.74, 6) is -1.20. The first-order valence-corrected chi connectivity index (χ1v) is 8.44. The van der Waals surface area contributed by atoms with Crippen LogP contribution in [0.25, 0.3) is 11.0 Å². The number of ether oxygens (including phenoxy) is 1. The summed E-state index contributed by atoms with van der Waals surface area (Å²) in [7, 11) is 0. The number of carbonyl (C=O) groups is 2. The molecule has 0 aliphatic carbocycles. The smallest absolute Gasteiger partial charge is 0.331 e. The number of para-hydroxylation sites is 2. The summed E-state index contributed by atoms with van der Waals surface area (Å²) in [6, 6.07) is 14.7. The first-order chi connectivity index (χ1) is 13.1. The molecule has 0 aliphatic heterocycles. The van der Waals surface area contributed by atoms with E-state index in [0.29, 0.717) is 22.5 Å². The minimum atomic E-state index is -1.16. The van der Waals surface area contributed by atoms with E-state index in [1.807, 2.05) is 24.3 Å². The average Bonchev–Trinajstić information content (AvgIpc) is 2.70. The lowest BCUT2D eigenvalue weighted by atomic mass is 10.2. The Morgan fingerprint density at radius 1 is 1.04 bits per heavy atom. The molecule has 2 N–H and O–H groups in total. The van der Waals surface area contributed by atoms with Crippen molar-refractivity contribution < 1.29 is 19.4 Å². The highest BCUT2D eigenvalue weighted by Gasteiger charge is 2.22. The molecular weight excluding hydrogens is 346 g/mol. The van der Waals surface area contributed by atoms with E-state index in [1.54, 1.807) is 37.3 Å². The third kappa shape index (κ3) is 4.45. The minimum Gasteiger partial charge on any atom is -0.458 e. The number of hydrogen-bond donors (Lipinski definition) is 2. The number of aromatic nitrogens is 2. The molecule has 27 heavy (non-hydrogen) atoms. The number of aliphatic hydroxyl groups is 1. The van der Waals surface area contributed by atoms with Crippen LogP contribution in [-0.4, -0.2) is 39.6 Å². The number of nitrogens with one attached hydrogen (secondary N) is 1. The van der Waals surface area contributed by atoms with Gasteiger partial charge < -0.3 is 15.2 Å². The van der Waals surface area contributed by atoms with Gasteiger partial charge in [0.25, 0.3) is 5.91 Å². The van der Waals surface area contributed by atoms with E-state index >= 15 is 0 Å². The Hall–Kier alpha value is -3.32. The van der Waals surface area contributed by atoms with Crippen LogP contribution < -0.4 is 5.32 Å². The van der Waals surface area contributed by atoms with Crippen LogP contribution in [-0.2, 0) is 16.1 Å². The Kier molecular flexibility index (Phi) is 5.73. The first kappa shape index (κ1) is 18.5. The van der Waals surface area contributed by atoms with Gasteiger partial charge in [-0.25, -0.2) is 14.8 Å². The van der Waals surface area contributed by atoms with Crippen molar-refractivity contribution in [3.8, 4) is 0 Å². The summed E-state index contributed by atoms with van der Waals surface area (Å²) in [5.41, 5.74) is 3.02. The summed E-state index contributed by atoms with van der Waals surface area (Å²) >= 11 is 0.